The van der Waals surface area contributed by atoms with Crippen molar-refractivity contribution < 1.29 is 18.0 Å². The Hall–Kier alpha value is -4.13. The Morgan fingerprint density at radius 2 is 1.69 bits per heavy atom. The van der Waals surface area contributed by atoms with Crippen LogP contribution in [0.3, 0.4) is 0 Å². The maximum absolute atomic E-state index is 13.4. The molecule has 0 aliphatic heterocycles. The molecule has 0 radical (unpaired) electrons. The van der Waals surface area contributed by atoms with E-state index in [2.05, 4.69) is 15.6 Å². The standard InChI is InChI=1S/C28H24F3N3O/c1-19-17-23(11-13-26(19)33-16-14-22-9-5-6-15-32-22)34-27(35)25-18-21(28(29,30)31)10-12-24(25)20-7-3-2-4-8-20/h2-13,15,17-18,33H,14,16H2,1H3,(H,34,35). The molecule has 1 heterocycles. The van der Waals surface area contributed by atoms with Gasteiger partial charge in [-0.1, -0.05) is 42.5 Å². The van der Waals surface area contributed by atoms with Crippen LogP contribution in [0.1, 0.15) is 27.2 Å². The van der Waals surface area contributed by atoms with Crippen molar-refractivity contribution >= 4 is 17.3 Å². The van der Waals surface area contributed by atoms with Crippen LogP contribution in [0, 0.1) is 6.92 Å². The van der Waals surface area contributed by atoms with Gasteiger partial charge in [-0.05, 0) is 66.1 Å². The molecule has 0 saturated carbocycles. The predicted molar refractivity (Wildman–Crippen MR) is 132 cm³/mol. The fourth-order valence-electron chi connectivity index (χ4n) is 3.79. The molecule has 2 N–H and O–H groups in total. The Kier molecular flexibility index (Phi) is 7.15. The molecule has 0 atom stereocenters. The van der Waals surface area contributed by atoms with E-state index in [9.17, 15) is 18.0 Å². The number of benzene rings is 3. The van der Waals surface area contributed by atoms with E-state index in [1.54, 1.807) is 42.6 Å². The third kappa shape index (κ3) is 6.06. The van der Waals surface area contributed by atoms with E-state index in [1.165, 1.54) is 6.07 Å². The zero-order valence-electron chi connectivity index (χ0n) is 19.1. The van der Waals surface area contributed by atoms with E-state index >= 15 is 0 Å². The van der Waals surface area contributed by atoms with Crippen LogP contribution in [0.4, 0.5) is 24.5 Å². The van der Waals surface area contributed by atoms with Gasteiger partial charge in [-0.15, -0.1) is 0 Å². The fraction of sp³-hybridized carbons (Fsp3) is 0.143. The summed E-state index contributed by atoms with van der Waals surface area (Å²) in [5.41, 5.74) is 3.47. The lowest BCUT2D eigenvalue weighted by atomic mass is 9.96. The minimum Gasteiger partial charge on any atom is -0.384 e. The van der Waals surface area contributed by atoms with Gasteiger partial charge in [-0.2, -0.15) is 13.2 Å². The van der Waals surface area contributed by atoms with Gasteiger partial charge in [0.1, 0.15) is 0 Å². The second-order valence-corrected chi connectivity index (χ2v) is 8.11. The van der Waals surface area contributed by atoms with Gasteiger partial charge in [0.15, 0.2) is 0 Å². The summed E-state index contributed by atoms with van der Waals surface area (Å²) in [4.78, 5) is 17.4. The average Bonchev–Trinajstić information content (AvgIpc) is 2.85. The molecule has 0 aliphatic carbocycles. The first-order valence-electron chi connectivity index (χ1n) is 11.1. The first-order chi connectivity index (χ1) is 16.8. The number of amides is 1. The molecule has 0 unspecified atom stereocenters. The van der Waals surface area contributed by atoms with Gasteiger partial charge in [-0.25, -0.2) is 0 Å². The number of pyridine rings is 1. The smallest absolute Gasteiger partial charge is 0.384 e. The van der Waals surface area contributed by atoms with Gasteiger partial charge < -0.3 is 10.6 Å². The zero-order valence-corrected chi connectivity index (χ0v) is 19.1. The van der Waals surface area contributed by atoms with Crippen LogP contribution in [-0.4, -0.2) is 17.4 Å². The van der Waals surface area contributed by atoms with E-state index < -0.39 is 17.6 Å². The maximum atomic E-state index is 13.4. The molecule has 3 aromatic carbocycles. The third-order valence-electron chi connectivity index (χ3n) is 5.58. The topological polar surface area (TPSA) is 54.0 Å². The van der Waals surface area contributed by atoms with E-state index in [-0.39, 0.29) is 5.56 Å². The van der Waals surface area contributed by atoms with Crippen LogP contribution < -0.4 is 10.6 Å². The number of aryl methyl sites for hydroxylation is 1. The van der Waals surface area contributed by atoms with Crippen molar-refractivity contribution in [2.75, 3.05) is 17.2 Å². The van der Waals surface area contributed by atoms with Gasteiger partial charge in [-0.3, -0.25) is 9.78 Å². The summed E-state index contributed by atoms with van der Waals surface area (Å²) in [6, 6.07) is 23.2. The third-order valence-corrected chi connectivity index (χ3v) is 5.58. The van der Waals surface area contributed by atoms with Crippen LogP contribution in [-0.2, 0) is 12.6 Å². The molecule has 4 rings (SSSR count). The lowest BCUT2D eigenvalue weighted by molar-refractivity contribution is -0.137. The number of halogens is 3. The number of hydrogen-bond donors (Lipinski definition) is 2. The van der Waals surface area contributed by atoms with Gasteiger partial charge in [0, 0.05) is 41.8 Å². The summed E-state index contributed by atoms with van der Waals surface area (Å²) < 4.78 is 40.1. The number of carbonyl (C=O) groups excluding carboxylic acids is 1. The highest BCUT2D eigenvalue weighted by molar-refractivity contribution is 6.09. The van der Waals surface area contributed by atoms with Crippen molar-refractivity contribution in [1.29, 1.82) is 0 Å². The summed E-state index contributed by atoms with van der Waals surface area (Å²) in [7, 11) is 0. The number of aromatic nitrogens is 1. The molecule has 1 amide bonds. The van der Waals surface area contributed by atoms with Crippen LogP contribution in [0.25, 0.3) is 11.1 Å². The minimum atomic E-state index is -4.55. The fourth-order valence-corrected chi connectivity index (χ4v) is 3.79. The molecule has 4 aromatic rings. The summed E-state index contributed by atoms with van der Waals surface area (Å²) in [5, 5.41) is 6.10. The number of nitrogens with one attached hydrogen (secondary N) is 2. The molecule has 1 aromatic heterocycles. The number of rotatable bonds is 7. The van der Waals surface area contributed by atoms with Crippen molar-refractivity contribution in [3.05, 3.63) is 114 Å². The first-order valence-corrected chi connectivity index (χ1v) is 11.1. The molecule has 35 heavy (non-hydrogen) atoms. The Labute approximate surface area is 201 Å². The van der Waals surface area contributed by atoms with Gasteiger partial charge in [0.05, 0.1) is 5.56 Å². The monoisotopic (exact) mass is 475 g/mol. The number of carbonyl (C=O) groups is 1. The van der Waals surface area contributed by atoms with E-state index in [0.29, 0.717) is 23.4 Å². The highest BCUT2D eigenvalue weighted by Gasteiger charge is 2.32. The summed E-state index contributed by atoms with van der Waals surface area (Å²) in [6.07, 6.45) is -2.04. The van der Waals surface area contributed by atoms with Crippen LogP contribution >= 0.6 is 0 Å². The zero-order chi connectivity index (χ0) is 24.8. The lowest BCUT2D eigenvalue weighted by Crippen LogP contribution is -2.16. The van der Waals surface area contributed by atoms with Crippen LogP contribution in [0.2, 0.25) is 0 Å². The first kappa shape index (κ1) is 24.0. The van der Waals surface area contributed by atoms with Crippen LogP contribution in [0.15, 0.2) is 91.1 Å². The largest absolute Gasteiger partial charge is 0.416 e. The Balaban J connectivity index is 1.52. The van der Waals surface area contributed by atoms with E-state index in [4.69, 9.17) is 0 Å². The molecule has 7 heteroatoms. The average molecular weight is 476 g/mol. The van der Waals surface area contributed by atoms with Crippen molar-refractivity contribution in [3.8, 4) is 11.1 Å². The second kappa shape index (κ2) is 10.4. The van der Waals surface area contributed by atoms with E-state index in [0.717, 1.165) is 35.5 Å². The molecule has 4 nitrogen and oxygen atoms in total. The van der Waals surface area contributed by atoms with Crippen molar-refractivity contribution in [2.24, 2.45) is 0 Å². The molecule has 0 fully saturated rings. The van der Waals surface area contributed by atoms with Gasteiger partial charge in [0.2, 0.25) is 0 Å². The molecule has 178 valence electrons. The Morgan fingerprint density at radius 1 is 0.914 bits per heavy atom. The lowest BCUT2D eigenvalue weighted by Gasteiger charge is -2.15. The van der Waals surface area contributed by atoms with Gasteiger partial charge >= 0.3 is 6.18 Å². The predicted octanol–water partition coefficient (Wildman–Crippen LogP) is 6.98. The highest BCUT2D eigenvalue weighted by Crippen LogP contribution is 2.34. The Bertz CT molecular complexity index is 1310. The highest BCUT2D eigenvalue weighted by atomic mass is 19.4. The number of alkyl halides is 3. The SMILES string of the molecule is Cc1cc(NC(=O)c2cc(C(F)(F)F)ccc2-c2ccccc2)ccc1NCCc1ccccn1. The van der Waals surface area contributed by atoms with Crippen LogP contribution in [0.5, 0.6) is 0 Å². The number of hydrogen-bond acceptors (Lipinski definition) is 3. The molecular formula is C28H24F3N3O. The van der Waals surface area contributed by atoms with E-state index in [1.807, 2.05) is 37.3 Å². The van der Waals surface area contributed by atoms with Crippen molar-refractivity contribution in [1.82, 2.24) is 4.98 Å². The normalized spacial score (nSPS) is 11.2. The summed E-state index contributed by atoms with van der Waals surface area (Å²) >= 11 is 0. The van der Waals surface area contributed by atoms with Crippen molar-refractivity contribution in [3.63, 3.8) is 0 Å². The molecule has 0 aliphatic rings. The maximum Gasteiger partial charge on any atom is 0.416 e. The molecular weight excluding hydrogens is 451 g/mol. The van der Waals surface area contributed by atoms with Gasteiger partial charge in [0.25, 0.3) is 5.91 Å². The Morgan fingerprint density at radius 3 is 2.37 bits per heavy atom. The number of nitrogens with zero attached hydrogens (tertiary/aromatic N) is 1. The molecule has 0 spiro atoms. The quantitative estimate of drug-likeness (QED) is 0.303. The molecule has 0 bridgehead atoms. The van der Waals surface area contributed by atoms with Crippen molar-refractivity contribution in [2.45, 2.75) is 19.5 Å². The second-order valence-electron chi connectivity index (χ2n) is 8.11. The molecule has 0 saturated heterocycles. The number of anilines is 2. The minimum absolute atomic E-state index is 0.0405. The summed E-state index contributed by atoms with van der Waals surface area (Å²) in [6.45, 7) is 2.59. The summed E-state index contributed by atoms with van der Waals surface area (Å²) in [5.74, 6) is -0.606.